The molecule has 6 heteroatoms. The predicted molar refractivity (Wildman–Crippen MR) is 70.2 cm³/mol. The van der Waals surface area contributed by atoms with Gasteiger partial charge in [-0.25, -0.2) is 0 Å². The monoisotopic (exact) mass is 262 g/mol. The van der Waals surface area contributed by atoms with Crippen LogP contribution in [-0.4, -0.2) is 21.2 Å². The quantitative estimate of drug-likeness (QED) is 0.852. The van der Waals surface area contributed by atoms with E-state index in [2.05, 4.69) is 14.1 Å². The molecule has 94 valence electrons. The molecule has 0 fully saturated rings. The number of amides is 1. The predicted octanol–water partition coefficient (Wildman–Crippen LogP) is 1.36. The van der Waals surface area contributed by atoms with E-state index in [0.29, 0.717) is 18.7 Å². The number of benzene rings is 1. The summed E-state index contributed by atoms with van der Waals surface area (Å²) in [5.41, 5.74) is 7.45. The van der Waals surface area contributed by atoms with Crippen molar-refractivity contribution in [2.75, 3.05) is 6.54 Å². The molecule has 0 spiro atoms. The molecule has 0 bridgehead atoms. The Kier molecular flexibility index (Phi) is 4.38. The third-order valence-electron chi connectivity index (χ3n) is 2.56. The molecule has 2 aromatic rings. The van der Waals surface area contributed by atoms with Gasteiger partial charge in [0.1, 0.15) is 0 Å². The van der Waals surface area contributed by atoms with Crippen molar-refractivity contribution in [3.05, 3.63) is 47.8 Å². The van der Waals surface area contributed by atoms with Gasteiger partial charge in [-0.1, -0.05) is 30.3 Å². The van der Waals surface area contributed by atoms with E-state index in [1.165, 1.54) is 6.20 Å². The van der Waals surface area contributed by atoms with Crippen LogP contribution in [-0.2, 0) is 0 Å². The van der Waals surface area contributed by atoms with Crippen LogP contribution in [0.3, 0.4) is 0 Å². The molecule has 18 heavy (non-hydrogen) atoms. The van der Waals surface area contributed by atoms with Crippen LogP contribution in [0.2, 0.25) is 0 Å². The van der Waals surface area contributed by atoms with E-state index in [0.717, 1.165) is 17.3 Å². The zero-order valence-corrected chi connectivity index (χ0v) is 10.6. The Hall–Kier alpha value is -1.79. The van der Waals surface area contributed by atoms with Crippen molar-refractivity contribution in [1.29, 1.82) is 0 Å². The summed E-state index contributed by atoms with van der Waals surface area (Å²) in [6.45, 7) is 0.520. The molecule has 1 unspecified atom stereocenters. The van der Waals surface area contributed by atoms with Gasteiger partial charge < -0.3 is 11.1 Å². The Balaban J connectivity index is 1.77. The first-order valence-corrected chi connectivity index (χ1v) is 6.36. The summed E-state index contributed by atoms with van der Waals surface area (Å²) in [5, 5.41) is 2.77. The Bertz CT molecular complexity index is 486. The lowest BCUT2D eigenvalue weighted by atomic mass is 10.1. The molecule has 5 nitrogen and oxygen atoms in total. The molecule has 0 saturated carbocycles. The number of hydrogen-bond donors (Lipinski definition) is 2. The van der Waals surface area contributed by atoms with Gasteiger partial charge in [0.15, 0.2) is 5.69 Å². The summed E-state index contributed by atoms with van der Waals surface area (Å²) in [5.74, 6) is -0.205. The summed E-state index contributed by atoms with van der Waals surface area (Å²) >= 11 is 1.02. The number of rotatable bonds is 5. The minimum absolute atomic E-state index is 0.0694. The Morgan fingerprint density at radius 2 is 2.17 bits per heavy atom. The number of nitrogens with one attached hydrogen (secondary N) is 1. The van der Waals surface area contributed by atoms with Crippen molar-refractivity contribution in [1.82, 2.24) is 14.1 Å². The van der Waals surface area contributed by atoms with Gasteiger partial charge in [-0.2, -0.15) is 8.75 Å². The topological polar surface area (TPSA) is 80.9 Å². The van der Waals surface area contributed by atoms with Gasteiger partial charge in [0, 0.05) is 12.6 Å². The number of hydrogen-bond acceptors (Lipinski definition) is 5. The third kappa shape index (κ3) is 3.35. The molecule has 0 aliphatic carbocycles. The van der Waals surface area contributed by atoms with Crippen LogP contribution < -0.4 is 11.1 Å². The maximum Gasteiger partial charge on any atom is 0.272 e. The Morgan fingerprint density at radius 1 is 1.39 bits per heavy atom. The summed E-state index contributed by atoms with van der Waals surface area (Å²) in [4.78, 5) is 11.6. The van der Waals surface area contributed by atoms with Crippen LogP contribution in [0.5, 0.6) is 0 Å². The first-order valence-electron chi connectivity index (χ1n) is 5.63. The van der Waals surface area contributed by atoms with Crippen molar-refractivity contribution < 1.29 is 4.79 Å². The van der Waals surface area contributed by atoms with E-state index in [1.54, 1.807) is 0 Å². The maximum atomic E-state index is 11.6. The minimum Gasteiger partial charge on any atom is -0.351 e. The van der Waals surface area contributed by atoms with Crippen LogP contribution in [0.1, 0.15) is 28.5 Å². The van der Waals surface area contributed by atoms with Crippen LogP contribution in [0, 0.1) is 0 Å². The lowest BCUT2D eigenvalue weighted by Gasteiger charge is -2.11. The van der Waals surface area contributed by atoms with Gasteiger partial charge in [0.2, 0.25) is 0 Å². The fourth-order valence-electron chi connectivity index (χ4n) is 1.56. The Labute approximate surface area is 109 Å². The third-order valence-corrected chi connectivity index (χ3v) is 3.04. The van der Waals surface area contributed by atoms with Crippen molar-refractivity contribution in [3.63, 3.8) is 0 Å². The molecular weight excluding hydrogens is 248 g/mol. The van der Waals surface area contributed by atoms with Gasteiger partial charge in [0.05, 0.1) is 17.9 Å². The van der Waals surface area contributed by atoms with Crippen LogP contribution in [0.4, 0.5) is 0 Å². The number of aromatic nitrogens is 2. The van der Waals surface area contributed by atoms with E-state index >= 15 is 0 Å². The second-order valence-electron chi connectivity index (χ2n) is 3.85. The highest BCUT2D eigenvalue weighted by atomic mass is 32.1. The molecule has 0 saturated heterocycles. The van der Waals surface area contributed by atoms with E-state index in [1.807, 2.05) is 30.3 Å². The smallest absolute Gasteiger partial charge is 0.272 e. The number of nitrogens with zero attached hydrogens (tertiary/aromatic N) is 2. The molecule has 1 atom stereocenters. The van der Waals surface area contributed by atoms with Crippen LogP contribution in [0.25, 0.3) is 0 Å². The number of carbonyl (C=O) groups is 1. The SMILES string of the molecule is NC(CCNC(=O)c1cnsn1)c1ccccc1. The first kappa shape index (κ1) is 12.7. The van der Waals surface area contributed by atoms with Crippen molar-refractivity contribution >= 4 is 17.6 Å². The summed E-state index contributed by atoms with van der Waals surface area (Å²) in [7, 11) is 0. The Morgan fingerprint density at radius 3 is 2.83 bits per heavy atom. The normalized spacial score (nSPS) is 12.1. The average Bonchev–Trinajstić information content (AvgIpc) is 2.93. The molecule has 0 aliphatic heterocycles. The summed E-state index contributed by atoms with van der Waals surface area (Å²) in [6.07, 6.45) is 2.14. The fourth-order valence-corrected chi connectivity index (χ4v) is 1.98. The van der Waals surface area contributed by atoms with Crippen molar-refractivity contribution in [3.8, 4) is 0 Å². The highest BCUT2D eigenvalue weighted by Gasteiger charge is 2.09. The molecule has 1 heterocycles. The van der Waals surface area contributed by atoms with Crippen molar-refractivity contribution in [2.24, 2.45) is 5.73 Å². The first-order chi connectivity index (χ1) is 8.77. The second kappa shape index (κ2) is 6.23. The zero-order valence-electron chi connectivity index (χ0n) is 9.74. The minimum atomic E-state index is -0.205. The second-order valence-corrected chi connectivity index (χ2v) is 4.41. The molecular formula is C12H14N4OS. The van der Waals surface area contributed by atoms with Gasteiger partial charge in [-0.15, -0.1) is 0 Å². The van der Waals surface area contributed by atoms with E-state index < -0.39 is 0 Å². The van der Waals surface area contributed by atoms with E-state index in [4.69, 9.17) is 5.73 Å². The largest absolute Gasteiger partial charge is 0.351 e. The zero-order chi connectivity index (χ0) is 12.8. The average molecular weight is 262 g/mol. The molecule has 1 aromatic heterocycles. The van der Waals surface area contributed by atoms with E-state index in [9.17, 15) is 4.79 Å². The van der Waals surface area contributed by atoms with Gasteiger partial charge in [0.25, 0.3) is 5.91 Å². The highest BCUT2D eigenvalue weighted by Crippen LogP contribution is 2.12. The van der Waals surface area contributed by atoms with Gasteiger partial charge in [-0.05, 0) is 12.0 Å². The fraction of sp³-hybridized carbons (Fsp3) is 0.250. The number of carbonyl (C=O) groups excluding carboxylic acids is 1. The summed E-state index contributed by atoms with van der Waals surface area (Å²) < 4.78 is 7.64. The highest BCUT2D eigenvalue weighted by molar-refractivity contribution is 6.99. The molecule has 0 aliphatic rings. The summed E-state index contributed by atoms with van der Waals surface area (Å²) in [6, 6.07) is 9.75. The maximum absolute atomic E-state index is 11.6. The van der Waals surface area contributed by atoms with Crippen LogP contribution >= 0.6 is 11.7 Å². The molecule has 1 amide bonds. The van der Waals surface area contributed by atoms with E-state index in [-0.39, 0.29) is 11.9 Å². The number of nitrogens with two attached hydrogens (primary N) is 1. The molecule has 3 N–H and O–H groups in total. The lowest BCUT2D eigenvalue weighted by Crippen LogP contribution is -2.27. The van der Waals surface area contributed by atoms with Gasteiger partial charge >= 0.3 is 0 Å². The lowest BCUT2D eigenvalue weighted by molar-refractivity contribution is 0.0948. The van der Waals surface area contributed by atoms with Gasteiger partial charge in [-0.3, -0.25) is 4.79 Å². The standard InChI is InChI=1S/C12H14N4OS/c13-10(9-4-2-1-3-5-9)6-7-14-12(17)11-8-15-18-16-11/h1-5,8,10H,6-7,13H2,(H,14,17). The molecule has 0 radical (unpaired) electrons. The van der Waals surface area contributed by atoms with Crippen molar-refractivity contribution in [2.45, 2.75) is 12.5 Å². The molecule has 2 rings (SSSR count). The molecule has 1 aromatic carbocycles. The van der Waals surface area contributed by atoms with Crippen LogP contribution in [0.15, 0.2) is 36.5 Å².